The van der Waals surface area contributed by atoms with Crippen LogP contribution in [0.5, 0.6) is 11.5 Å². The van der Waals surface area contributed by atoms with E-state index in [1.165, 1.54) is 0 Å². The van der Waals surface area contributed by atoms with Crippen molar-refractivity contribution in [2.75, 3.05) is 24.2 Å². The molecule has 7 nitrogen and oxygen atoms in total. The first-order chi connectivity index (χ1) is 14.0. The summed E-state index contributed by atoms with van der Waals surface area (Å²) in [6.07, 6.45) is 1.64. The minimum absolute atomic E-state index is 0.307. The molecule has 1 aliphatic rings. The van der Waals surface area contributed by atoms with E-state index in [9.17, 15) is 13.2 Å². The molecule has 0 fully saturated rings. The van der Waals surface area contributed by atoms with Crippen LogP contribution in [0.3, 0.4) is 0 Å². The van der Waals surface area contributed by atoms with Crippen LogP contribution in [-0.4, -0.2) is 39.8 Å². The van der Waals surface area contributed by atoms with Gasteiger partial charge in [0, 0.05) is 12.0 Å². The van der Waals surface area contributed by atoms with Gasteiger partial charge in [0.15, 0.2) is 0 Å². The van der Waals surface area contributed by atoms with Crippen molar-refractivity contribution in [3.8, 4) is 11.5 Å². The van der Waals surface area contributed by atoms with Crippen LogP contribution in [-0.2, 0) is 14.8 Å². The third-order valence-electron chi connectivity index (χ3n) is 5.02. The average Bonchev–Trinajstić information content (AvgIpc) is 2.65. The molecule has 0 aliphatic carbocycles. The summed E-state index contributed by atoms with van der Waals surface area (Å²) in [5.74, 6) is 0.946. The van der Waals surface area contributed by atoms with Gasteiger partial charge >= 0.3 is 0 Å². The summed E-state index contributed by atoms with van der Waals surface area (Å²) in [4.78, 5) is 12.9. The average molecular weight is 433 g/mol. The second kappa shape index (κ2) is 8.18. The van der Waals surface area contributed by atoms with Gasteiger partial charge in [-0.05, 0) is 51.1 Å². The smallest absolute Gasteiger partial charge is 0.241 e. The number of rotatable bonds is 6. The molecule has 8 heteroatoms. The highest BCUT2D eigenvalue weighted by atomic mass is 32.2. The van der Waals surface area contributed by atoms with Crippen LogP contribution >= 0.6 is 0 Å². The van der Waals surface area contributed by atoms with Crippen molar-refractivity contribution in [3.05, 3.63) is 53.6 Å². The molecular formula is C22H28N2O5S. The van der Waals surface area contributed by atoms with Crippen molar-refractivity contribution in [1.29, 1.82) is 0 Å². The molecule has 0 saturated heterocycles. The number of fused-ring (bicyclic) bond motifs is 1. The van der Waals surface area contributed by atoms with Gasteiger partial charge in [0.25, 0.3) is 0 Å². The summed E-state index contributed by atoms with van der Waals surface area (Å²) in [7, 11) is -2.06. The third-order valence-corrected chi connectivity index (χ3v) is 6.16. The molecule has 1 atom stereocenters. The zero-order valence-corrected chi connectivity index (χ0v) is 18.7. The number of carbonyl (C=O) groups is 1. The molecule has 3 rings (SSSR count). The molecule has 1 amide bonds. The fourth-order valence-electron chi connectivity index (χ4n) is 3.57. The quantitative estimate of drug-likeness (QED) is 0.758. The molecule has 2 aromatic carbocycles. The van der Waals surface area contributed by atoms with E-state index >= 15 is 0 Å². The molecule has 162 valence electrons. The maximum absolute atomic E-state index is 12.9. The van der Waals surface area contributed by atoms with Gasteiger partial charge in [-0.15, -0.1) is 0 Å². The molecule has 1 aliphatic heterocycles. The lowest BCUT2D eigenvalue weighted by molar-refractivity contribution is -0.120. The Hall–Kier alpha value is -2.74. The van der Waals surface area contributed by atoms with E-state index in [1.54, 1.807) is 19.2 Å². The second-order valence-corrected chi connectivity index (χ2v) is 10.1. The molecule has 0 saturated carbocycles. The molecule has 0 aromatic heterocycles. The number of nitrogens with zero attached hydrogens (tertiary/aromatic N) is 1. The Morgan fingerprint density at radius 3 is 2.50 bits per heavy atom. The molecule has 30 heavy (non-hydrogen) atoms. The molecule has 2 aromatic rings. The summed E-state index contributed by atoms with van der Waals surface area (Å²) in [6, 6.07) is 12.2. The van der Waals surface area contributed by atoms with Crippen molar-refractivity contribution in [1.82, 2.24) is 5.32 Å². The standard InChI is InChI=1S/C22H28N2O5S/c1-15-6-8-16(9-7-15)24(30(5,26)27)14-21(25)23-19-13-22(2,3)29-20-11-10-17(28-4)12-18(19)20/h6-12,19H,13-14H2,1-5H3,(H,23,25)/t19-/m1/s1. The number of hydrogen-bond acceptors (Lipinski definition) is 5. The van der Waals surface area contributed by atoms with Gasteiger partial charge in [-0.25, -0.2) is 8.42 Å². The summed E-state index contributed by atoms with van der Waals surface area (Å²) in [5.41, 5.74) is 1.79. The van der Waals surface area contributed by atoms with E-state index in [4.69, 9.17) is 9.47 Å². The predicted molar refractivity (Wildman–Crippen MR) is 117 cm³/mol. The van der Waals surface area contributed by atoms with Crippen LogP contribution in [0.1, 0.15) is 37.4 Å². The van der Waals surface area contributed by atoms with Gasteiger partial charge in [-0.2, -0.15) is 0 Å². The van der Waals surface area contributed by atoms with Crippen LogP contribution in [0, 0.1) is 6.92 Å². The van der Waals surface area contributed by atoms with E-state index in [2.05, 4.69) is 5.32 Å². The number of methoxy groups -OCH3 is 1. The van der Waals surface area contributed by atoms with Crippen LogP contribution in [0.25, 0.3) is 0 Å². The molecule has 0 radical (unpaired) electrons. The van der Waals surface area contributed by atoms with Crippen molar-refractivity contribution in [3.63, 3.8) is 0 Å². The highest BCUT2D eigenvalue weighted by Crippen LogP contribution is 2.41. The topological polar surface area (TPSA) is 84.9 Å². The first kappa shape index (κ1) is 22.0. The Kier molecular flexibility index (Phi) is 5.99. The van der Waals surface area contributed by atoms with Gasteiger partial charge in [0.1, 0.15) is 23.6 Å². The SMILES string of the molecule is COc1ccc2c(c1)[C@H](NC(=O)CN(c1ccc(C)cc1)S(C)(=O)=O)CC(C)(C)O2. The summed E-state index contributed by atoms with van der Waals surface area (Å²) in [5, 5.41) is 2.99. The number of ether oxygens (including phenoxy) is 2. The van der Waals surface area contributed by atoms with Crippen molar-refractivity contribution >= 4 is 21.6 Å². The minimum atomic E-state index is -3.63. The molecular weight excluding hydrogens is 404 g/mol. The largest absolute Gasteiger partial charge is 0.497 e. The maximum Gasteiger partial charge on any atom is 0.241 e. The fourth-order valence-corrected chi connectivity index (χ4v) is 4.43. The second-order valence-electron chi connectivity index (χ2n) is 8.19. The summed E-state index contributed by atoms with van der Waals surface area (Å²) in [6.45, 7) is 5.52. The van der Waals surface area contributed by atoms with Crippen LogP contribution in [0.2, 0.25) is 0 Å². The molecule has 0 spiro atoms. The van der Waals surface area contributed by atoms with Crippen molar-refractivity contribution in [2.45, 2.75) is 38.8 Å². The predicted octanol–water partition coefficient (Wildman–Crippen LogP) is 3.19. The van der Waals surface area contributed by atoms with E-state index in [0.29, 0.717) is 23.6 Å². The lowest BCUT2D eigenvalue weighted by atomic mass is 9.89. The molecule has 0 bridgehead atoms. The third kappa shape index (κ3) is 5.05. The highest BCUT2D eigenvalue weighted by molar-refractivity contribution is 7.92. The number of anilines is 1. The van der Waals surface area contributed by atoms with Crippen molar-refractivity contribution in [2.24, 2.45) is 0 Å². The van der Waals surface area contributed by atoms with E-state index < -0.39 is 21.5 Å². The van der Waals surface area contributed by atoms with Gasteiger partial charge in [-0.3, -0.25) is 9.10 Å². The van der Waals surface area contributed by atoms with Gasteiger partial charge in [-0.1, -0.05) is 17.7 Å². The summed E-state index contributed by atoms with van der Waals surface area (Å²) >= 11 is 0. The van der Waals surface area contributed by atoms with Crippen LogP contribution in [0.15, 0.2) is 42.5 Å². The Bertz CT molecular complexity index is 1030. The van der Waals surface area contributed by atoms with Gasteiger partial charge < -0.3 is 14.8 Å². The van der Waals surface area contributed by atoms with Crippen molar-refractivity contribution < 1.29 is 22.7 Å². The first-order valence-corrected chi connectivity index (χ1v) is 11.5. The van der Waals surface area contributed by atoms with E-state index in [-0.39, 0.29) is 12.6 Å². The number of nitrogens with one attached hydrogen (secondary N) is 1. The number of benzene rings is 2. The molecule has 0 unspecified atom stereocenters. The number of sulfonamides is 1. The lowest BCUT2D eigenvalue weighted by Crippen LogP contribution is -2.45. The Morgan fingerprint density at radius 2 is 1.90 bits per heavy atom. The minimum Gasteiger partial charge on any atom is -0.497 e. The first-order valence-electron chi connectivity index (χ1n) is 9.69. The van der Waals surface area contributed by atoms with Gasteiger partial charge in [0.2, 0.25) is 15.9 Å². The zero-order chi connectivity index (χ0) is 22.1. The number of aryl methyl sites for hydroxylation is 1. The summed E-state index contributed by atoms with van der Waals surface area (Å²) < 4.78 is 37.1. The normalized spacial score (nSPS) is 17.4. The molecule has 1 N–H and O–H groups in total. The highest BCUT2D eigenvalue weighted by Gasteiger charge is 2.35. The number of amides is 1. The number of carbonyl (C=O) groups excluding carboxylic acids is 1. The van der Waals surface area contributed by atoms with E-state index in [0.717, 1.165) is 21.7 Å². The van der Waals surface area contributed by atoms with Crippen LogP contribution in [0.4, 0.5) is 5.69 Å². The van der Waals surface area contributed by atoms with Crippen LogP contribution < -0.4 is 19.1 Å². The maximum atomic E-state index is 12.9. The Labute approximate surface area is 178 Å². The molecule has 1 heterocycles. The lowest BCUT2D eigenvalue weighted by Gasteiger charge is -2.38. The monoisotopic (exact) mass is 432 g/mol. The Balaban J connectivity index is 1.84. The Morgan fingerprint density at radius 1 is 1.23 bits per heavy atom. The fraction of sp³-hybridized carbons (Fsp3) is 0.409. The zero-order valence-electron chi connectivity index (χ0n) is 17.9. The van der Waals surface area contributed by atoms with Gasteiger partial charge in [0.05, 0.1) is 25.1 Å². The number of hydrogen-bond donors (Lipinski definition) is 1. The van der Waals surface area contributed by atoms with E-state index in [1.807, 2.05) is 51.1 Å².